The molecular formula is C19H26BCl2NO2. The van der Waals surface area contributed by atoms with E-state index in [1.165, 1.54) is 12.0 Å². The molecule has 0 bridgehead atoms. The summed E-state index contributed by atoms with van der Waals surface area (Å²) >= 11 is 12.2. The number of carbonyl (C=O) groups excluding carboxylic acids is 1. The Kier molecular flexibility index (Phi) is 8.61. The van der Waals surface area contributed by atoms with Gasteiger partial charge in [0.1, 0.15) is 0 Å². The van der Waals surface area contributed by atoms with E-state index in [-0.39, 0.29) is 11.9 Å². The van der Waals surface area contributed by atoms with Crippen molar-refractivity contribution in [2.75, 3.05) is 13.1 Å². The molecule has 0 saturated carbocycles. The lowest BCUT2D eigenvalue weighted by Crippen LogP contribution is -2.26. The number of halogens is 2. The molecule has 0 aromatic heterocycles. The van der Waals surface area contributed by atoms with Crippen LogP contribution in [0.5, 0.6) is 0 Å². The first-order chi connectivity index (χ1) is 12.1. The molecule has 1 aromatic rings. The third kappa shape index (κ3) is 5.91. The summed E-state index contributed by atoms with van der Waals surface area (Å²) in [6.45, 7) is 4.16. The van der Waals surface area contributed by atoms with Crippen molar-refractivity contribution in [3.05, 3.63) is 33.8 Å². The fourth-order valence-electron chi connectivity index (χ4n) is 3.66. The smallest absolute Gasteiger partial charge is 0.378 e. The van der Waals surface area contributed by atoms with Gasteiger partial charge < -0.3 is 4.65 Å². The molecule has 0 amide bonds. The van der Waals surface area contributed by atoms with Gasteiger partial charge in [0.05, 0.1) is 16.0 Å². The van der Waals surface area contributed by atoms with Gasteiger partial charge in [-0.15, -0.1) is 0 Å². The molecule has 6 heteroatoms. The SMILES string of the molecule is [B]OC(=O)C(CCCC)CCCN1CCCC1c1ccc(Cl)c(Cl)c1. The third-order valence-corrected chi connectivity index (χ3v) is 5.78. The van der Waals surface area contributed by atoms with E-state index < -0.39 is 0 Å². The number of hydrogen-bond acceptors (Lipinski definition) is 3. The minimum absolute atomic E-state index is 0.0871. The normalized spacial score (nSPS) is 19.1. The van der Waals surface area contributed by atoms with Crippen molar-refractivity contribution in [3.63, 3.8) is 0 Å². The Bertz CT molecular complexity index is 570. The predicted molar refractivity (Wildman–Crippen MR) is 104 cm³/mol. The average Bonchev–Trinajstić information content (AvgIpc) is 3.08. The van der Waals surface area contributed by atoms with Crippen LogP contribution in [-0.4, -0.2) is 32.0 Å². The molecule has 1 fully saturated rings. The van der Waals surface area contributed by atoms with Crippen molar-refractivity contribution in [2.24, 2.45) is 5.92 Å². The van der Waals surface area contributed by atoms with Crippen LogP contribution in [-0.2, 0) is 9.45 Å². The van der Waals surface area contributed by atoms with Gasteiger partial charge in [0.15, 0.2) is 0 Å². The van der Waals surface area contributed by atoms with Crippen molar-refractivity contribution in [1.29, 1.82) is 0 Å². The molecule has 1 heterocycles. The van der Waals surface area contributed by atoms with Crippen LogP contribution in [0.25, 0.3) is 0 Å². The minimum atomic E-state index is -0.282. The second-order valence-electron chi connectivity index (χ2n) is 6.79. The molecule has 136 valence electrons. The van der Waals surface area contributed by atoms with Crippen molar-refractivity contribution in [3.8, 4) is 0 Å². The van der Waals surface area contributed by atoms with Gasteiger partial charge >= 0.3 is 8.05 Å². The van der Waals surface area contributed by atoms with Crippen LogP contribution < -0.4 is 0 Å². The number of benzene rings is 1. The lowest BCUT2D eigenvalue weighted by Gasteiger charge is -2.26. The number of likely N-dealkylation sites (tertiary alicyclic amines) is 1. The van der Waals surface area contributed by atoms with Crippen LogP contribution >= 0.6 is 23.2 Å². The van der Waals surface area contributed by atoms with Gasteiger partial charge in [-0.05, 0) is 62.9 Å². The summed E-state index contributed by atoms with van der Waals surface area (Å²) in [6, 6.07) is 6.29. The summed E-state index contributed by atoms with van der Waals surface area (Å²) < 4.78 is 4.47. The van der Waals surface area contributed by atoms with E-state index in [1.54, 1.807) is 0 Å². The molecule has 2 atom stereocenters. The fourth-order valence-corrected chi connectivity index (χ4v) is 3.97. The van der Waals surface area contributed by atoms with Crippen LogP contribution in [0.3, 0.4) is 0 Å². The van der Waals surface area contributed by atoms with E-state index in [2.05, 4.69) is 22.5 Å². The summed E-state index contributed by atoms with van der Waals surface area (Å²) in [5.74, 6) is -0.369. The van der Waals surface area contributed by atoms with Crippen molar-refractivity contribution < 1.29 is 9.45 Å². The van der Waals surface area contributed by atoms with Crippen molar-refractivity contribution in [2.45, 2.75) is 57.9 Å². The van der Waals surface area contributed by atoms with Gasteiger partial charge in [-0.2, -0.15) is 0 Å². The highest BCUT2D eigenvalue weighted by Crippen LogP contribution is 2.35. The van der Waals surface area contributed by atoms with E-state index >= 15 is 0 Å². The quantitative estimate of drug-likeness (QED) is 0.540. The lowest BCUT2D eigenvalue weighted by molar-refractivity contribution is -0.139. The molecule has 2 radical (unpaired) electrons. The summed E-state index contributed by atoms with van der Waals surface area (Å²) in [4.78, 5) is 14.3. The topological polar surface area (TPSA) is 29.5 Å². The van der Waals surface area contributed by atoms with E-state index in [1.807, 2.05) is 12.1 Å². The molecule has 1 aliphatic rings. The van der Waals surface area contributed by atoms with Gasteiger partial charge in [-0.25, -0.2) is 0 Å². The maximum atomic E-state index is 11.8. The number of carbonyl (C=O) groups is 1. The second kappa shape index (κ2) is 10.4. The molecule has 25 heavy (non-hydrogen) atoms. The Balaban J connectivity index is 1.90. The minimum Gasteiger partial charge on any atom is -0.543 e. The predicted octanol–water partition coefficient (Wildman–Crippen LogP) is 5.34. The third-order valence-electron chi connectivity index (χ3n) is 5.05. The molecule has 0 spiro atoms. The van der Waals surface area contributed by atoms with Crippen LogP contribution in [0.4, 0.5) is 0 Å². The molecule has 1 aliphatic heterocycles. The first-order valence-corrected chi connectivity index (χ1v) is 9.92. The van der Waals surface area contributed by atoms with E-state index in [0.29, 0.717) is 16.1 Å². The van der Waals surface area contributed by atoms with Gasteiger partial charge in [-0.3, -0.25) is 9.69 Å². The summed E-state index contributed by atoms with van der Waals surface area (Å²) in [6.07, 6.45) is 7.02. The maximum absolute atomic E-state index is 11.8. The van der Waals surface area contributed by atoms with Crippen molar-refractivity contribution >= 4 is 37.2 Å². The van der Waals surface area contributed by atoms with Crippen LogP contribution in [0.1, 0.15) is 63.5 Å². The average molecular weight is 382 g/mol. The molecule has 2 rings (SSSR count). The molecule has 3 nitrogen and oxygen atoms in total. The van der Waals surface area contributed by atoms with Gasteiger partial charge in [0.2, 0.25) is 0 Å². The zero-order valence-corrected chi connectivity index (χ0v) is 16.4. The molecule has 1 aromatic carbocycles. The highest BCUT2D eigenvalue weighted by molar-refractivity contribution is 6.42. The van der Waals surface area contributed by atoms with E-state index in [9.17, 15) is 4.79 Å². The van der Waals surface area contributed by atoms with Gasteiger partial charge in [0.25, 0.3) is 5.97 Å². The first-order valence-electron chi connectivity index (χ1n) is 9.16. The molecule has 2 unspecified atom stereocenters. The maximum Gasteiger partial charge on any atom is 0.378 e. The van der Waals surface area contributed by atoms with Gasteiger partial charge in [0, 0.05) is 6.04 Å². The Morgan fingerprint density at radius 3 is 2.76 bits per heavy atom. The zero-order valence-electron chi connectivity index (χ0n) is 14.8. The Hall–Kier alpha value is -0.705. The fraction of sp³-hybridized carbons (Fsp3) is 0.632. The molecule has 1 saturated heterocycles. The standard InChI is InChI=1S/C19H26BCl2NO2/c1-2-3-6-14(19(24)25-20)7-4-11-23-12-5-8-18(23)15-9-10-16(21)17(22)13-15/h9-10,13-14,18H,2-8,11-12H2,1H3. The monoisotopic (exact) mass is 381 g/mol. The number of rotatable bonds is 9. The first kappa shape index (κ1) is 20.6. The largest absolute Gasteiger partial charge is 0.543 e. The lowest BCUT2D eigenvalue weighted by atomic mass is 9.96. The molecule has 0 aliphatic carbocycles. The molecule has 0 N–H and O–H groups in total. The molecular weight excluding hydrogens is 356 g/mol. The Morgan fingerprint density at radius 2 is 2.08 bits per heavy atom. The Labute approximate surface area is 162 Å². The van der Waals surface area contributed by atoms with Crippen molar-refractivity contribution in [1.82, 2.24) is 4.90 Å². The zero-order chi connectivity index (χ0) is 18.2. The van der Waals surface area contributed by atoms with Crippen LogP contribution in [0.15, 0.2) is 18.2 Å². The van der Waals surface area contributed by atoms with Gasteiger partial charge in [-0.1, -0.05) is 49.0 Å². The highest BCUT2D eigenvalue weighted by atomic mass is 35.5. The van der Waals surface area contributed by atoms with Crippen LogP contribution in [0, 0.1) is 5.92 Å². The van der Waals surface area contributed by atoms with Crippen LogP contribution in [0.2, 0.25) is 10.0 Å². The number of hydrogen-bond donors (Lipinski definition) is 0. The second-order valence-corrected chi connectivity index (χ2v) is 7.60. The number of unbranched alkanes of at least 4 members (excludes halogenated alkanes) is 1. The summed E-state index contributed by atoms with van der Waals surface area (Å²) in [5, 5.41) is 1.20. The van der Waals surface area contributed by atoms with E-state index in [4.69, 9.17) is 31.3 Å². The Morgan fingerprint density at radius 1 is 1.32 bits per heavy atom. The summed E-state index contributed by atoms with van der Waals surface area (Å²) in [7, 11) is 5.08. The highest BCUT2D eigenvalue weighted by Gasteiger charge is 2.26. The number of nitrogens with zero attached hydrogens (tertiary/aromatic N) is 1. The van der Waals surface area contributed by atoms with E-state index in [0.717, 1.165) is 51.6 Å². The summed E-state index contributed by atoms with van der Waals surface area (Å²) in [5.41, 5.74) is 1.22.